The van der Waals surface area contributed by atoms with E-state index >= 15 is 0 Å². The van der Waals surface area contributed by atoms with Gasteiger partial charge in [-0.05, 0) is 6.42 Å². The Bertz CT molecular complexity index is 968. The first-order chi connectivity index (χ1) is 13.4. The SMILES string of the molecule is COC1[C@@H](OP(=O)(O)C(C)C)[C@@H](C2CC2P(=O)(O)O)O[C@H]1n1ccc(=O)[nH]c1=O. The zero-order valence-corrected chi connectivity index (χ0v) is 17.7. The van der Waals surface area contributed by atoms with Crippen molar-refractivity contribution in [1.82, 2.24) is 9.55 Å². The van der Waals surface area contributed by atoms with Crippen molar-refractivity contribution in [3.8, 4) is 0 Å². The van der Waals surface area contributed by atoms with Crippen molar-refractivity contribution in [2.24, 2.45) is 5.92 Å². The number of rotatable bonds is 7. The van der Waals surface area contributed by atoms with E-state index in [1.807, 2.05) is 0 Å². The van der Waals surface area contributed by atoms with Gasteiger partial charge in [-0.3, -0.25) is 28.0 Å². The van der Waals surface area contributed by atoms with E-state index in [0.29, 0.717) is 0 Å². The number of methoxy groups -OCH3 is 1. The number of aromatic amines is 1. The number of ether oxygens (including phenoxy) is 2. The summed E-state index contributed by atoms with van der Waals surface area (Å²) in [6.07, 6.45) is -3.02. The Morgan fingerprint density at radius 3 is 2.38 bits per heavy atom. The van der Waals surface area contributed by atoms with Crippen molar-refractivity contribution in [3.63, 3.8) is 0 Å². The van der Waals surface area contributed by atoms with Gasteiger partial charge in [0, 0.05) is 25.3 Å². The molecule has 1 aromatic heterocycles. The highest BCUT2D eigenvalue weighted by atomic mass is 31.2. The van der Waals surface area contributed by atoms with Crippen LogP contribution in [0.1, 0.15) is 26.5 Å². The van der Waals surface area contributed by atoms with Gasteiger partial charge in [0.15, 0.2) is 6.23 Å². The van der Waals surface area contributed by atoms with Gasteiger partial charge >= 0.3 is 20.9 Å². The molecule has 0 radical (unpaired) electrons. The topological polar surface area (TPSA) is 177 Å². The van der Waals surface area contributed by atoms with Gasteiger partial charge in [0.1, 0.15) is 12.2 Å². The summed E-state index contributed by atoms with van der Waals surface area (Å²) in [7, 11) is -7.21. The number of H-pyrrole nitrogens is 1. The van der Waals surface area contributed by atoms with E-state index in [4.69, 9.17) is 14.0 Å². The molecule has 4 unspecified atom stereocenters. The first-order valence-electron chi connectivity index (χ1n) is 8.92. The van der Waals surface area contributed by atoms with E-state index < -0.39 is 68.2 Å². The fourth-order valence-corrected chi connectivity index (χ4v) is 5.49. The monoisotopic (exact) mass is 454 g/mol. The Balaban J connectivity index is 1.99. The van der Waals surface area contributed by atoms with Crippen LogP contribution in [-0.2, 0) is 23.1 Å². The maximum absolute atomic E-state index is 12.5. The molecule has 1 aromatic rings. The first kappa shape index (κ1) is 22.6. The summed E-state index contributed by atoms with van der Waals surface area (Å²) < 4.78 is 41.9. The van der Waals surface area contributed by atoms with Crippen molar-refractivity contribution in [1.29, 1.82) is 0 Å². The minimum absolute atomic E-state index is 0.135. The second-order valence-electron chi connectivity index (χ2n) is 7.49. The van der Waals surface area contributed by atoms with Crippen LogP contribution >= 0.6 is 15.2 Å². The van der Waals surface area contributed by atoms with Crippen LogP contribution in [0.4, 0.5) is 0 Å². The molecule has 1 aliphatic carbocycles. The van der Waals surface area contributed by atoms with Gasteiger partial charge in [0.25, 0.3) is 5.56 Å². The summed E-state index contributed by atoms with van der Waals surface area (Å²) in [6, 6.07) is 1.10. The number of hydrogen-bond acceptors (Lipinski definition) is 7. The molecule has 14 heteroatoms. The Morgan fingerprint density at radius 1 is 1.24 bits per heavy atom. The number of hydrogen-bond donors (Lipinski definition) is 4. The van der Waals surface area contributed by atoms with Gasteiger partial charge in [-0.1, -0.05) is 13.8 Å². The number of nitrogens with one attached hydrogen (secondary N) is 1. The molecule has 29 heavy (non-hydrogen) atoms. The zero-order valence-electron chi connectivity index (χ0n) is 15.9. The summed E-state index contributed by atoms with van der Waals surface area (Å²) in [5.41, 5.74) is -3.13. The Hall–Kier alpha value is -1.10. The van der Waals surface area contributed by atoms with Crippen molar-refractivity contribution in [3.05, 3.63) is 33.1 Å². The molecule has 1 saturated carbocycles. The van der Waals surface area contributed by atoms with Crippen molar-refractivity contribution >= 4 is 15.2 Å². The van der Waals surface area contributed by atoms with E-state index in [2.05, 4.69) is 4.98 Å². The molecular weight excluding hydrogens is 430 g/mol. The molecule has 4 N–H and O–H groups in total. The van der Waals surface area contributed by atoms with E-state index in [9.17, 15) is 33.4 Å². The zero-order chi connectivity index (χ0) is 21.7. The van der Waals surface area contributed by atoms with Crippen LogP contribution in [0.25, 0.3) is 0 Å². The van der Waals surface area contributed by atoms with E-state index in [1.165, 1.54) is 27.2 Å². The number of aromatic nitrogens is 2. The summed E-state index contributed by atoms with van der Waals surface area (Å²) in [5.74, 6) is -0.644. The Labute approximate surface area is 165 Å². The summed E-state index contributed by atoms with van der Waals surface area (Å²) in [6.45, 7) is 2.99. The summed E-state index contributed by atoms with van der Waals surface area (Å²) >= 11 is 0. The predicted molar refractivity (Wildman–Crippen MR) is 99.8 cm³/mol. The lowest BCUT2D eigenvalue weighted by atomic mass is 10.1. The molecule has 0 bridgehead atoms. The highest BCUT2D eigenvalue weighted by Crippen LogP contribution is 2.63. The molecule has 1 aliphatic heterocycles. The average Bonchev–Trinajstić information content (AvgIpc) is 3.32. The normalized spacial score (nSPS) is 34.3. The van der Waals surface area contributed by atoms with Crippen molar-refractivity contribution in [2.45, 2.75) is 56.1 Å². The van der Waals surface area contributed by atoms with Crippen LogP contribution < -0.4 is 11.2 Å². The lowest BCUT2D eigenvalue weighted by molar-refractivity contribution is -0.0571. The molecule has 0 aromatic carbocycles. The first-order valence-corrected chi connectivity index (χ1v) is 12.3. The fraction of sp³-hybridized carbons (Fsp3) is 0.733. The maximum Gasteiger partial charge on any atom is 0.331 e. The van der Waals surface area contributed by atoms with Crippen LogP contribution in [0, 0.1) is 5.92 Å². The lowest BCUT2D eigenvalue weighted by Crippen LogP contribution is -2.40. The maximum atomic E-state index is 12.5. The average molecular weight is 454 g/mol. The standard InChI is InChI=1S/C15H24N2O10P2/c1-7(2)29(23,24)27-12-11(8-6-9(8)28(20,21)22)26-14(13(12)25-3)17-5-4-10(18)16-15(17)19/h4-5,7-9,11-14H,6H2,1-3H3,(H,23,24)(H,16,18,19)(H2,20,21,22)/t8?,9?,11-,12+,13?,14-/m1/s1. The predicted octanol–water partition coefficient (Wildman–Crippen LogP) is -0.00580. The highest BCUT2D eigenvalue weighted by Gasteiger charge is 2.62. The molecule has 164 valence electrons. The smallest absolute Gasteiger partial charge is 0.331 e. The second-order valence-corrected chi connectivity index (χ2v) is 11.7. The van der Waals surface area contributed by atoms with E-state index in [1.54, 1.807) is 0 Å². The van der Waals surface area contributed by atoms with Gasteiger partial charge in [-0.25, -0.2) is 4.79 Å². The molecular formula is C15H24N2O10P2. The summed E-state index contributed by atoms with van der Waals surface area (Å²) in [5, 5.41) is 0. The molecule has 0 spiro atoms. The minimum Gasteiger partial charge on any atom is -0.374 e. The second kappa shape index (κ2) is 7.86. The van der Waals surface area contributed by atoms with Crippen LogP contribution in [0.3, 0.4) is 0 Å². The van der Waals surface area contributed by atoms with Gasteiger partial charge in [-0.15, -0.1) is 0 Å². The Kier molecular flexibility index (Phi) is 6.12. The third kappa shape index (κ3) is 4.50. The van der Waals surface area contributed by atoms with Crippen molar-refractivity contribution < 1.29 is 37.8 Å². The van der Waals surface area contributed by atoms with Crippen LogP contribution in [0.15, 0.2) is 21.9 Å². The molecule has 0 amide bonds. The largest absolute Gasteiger partial charge is 0.374 e. The molecule has 12 nitrogen and oxygen atoms in total. The molecule has 2 heterocycles. The fourth-order valence-electron chi connectivity index (χ4n) is 3.47. The Morgan fingerprint density at radius 2 is 1.90 bits per heavy atom. The van der Waals surface area contributed by atoms with Crippen molar-refractivity contribution in [2.75, 3.05) is 7.11 Å². The molecule has 3 rings (SSSR count). The van der Waals surface area contributed by atoms with Gasteiger partial charge in [-0.2, -0.15) is 0 Å². The summed E-state index contributed by atoms with van der Waals surface area (Å²) in [4.78, 5) is 54.8. The lowest BCUT2D eigenvalue weighted by Gasteiger charge is -2.27. The van der Waals surface area contributed by atoms with E-state index in [0.717, 1.165) is 10.6 Å². The number of nitrogens with zero attached hydrogens (tertiary/aromatic N) is 1. The third-order valence-corrected chi connectivity index (χ3v) is 8.52. The van der Waals surface area contributed by atoms with Gasteiger partial charge in [0.05, 0.1) is 17.4 Å². The third-order valence-electron chi connectivity index (χ3n) is 5.21. The van der Waals surface area contributed by atoms with E-state index in [-0.39, 0.29) is 6.42 Å². The van der Waals surface area contributed by atoms with Crippen LogP contribution in [0.5, 0.6) is 0 Å². The quantitative estimate of drug-likeness (QED) is 0.410. The molecule has 7 atom stereocenters. The van der Waals surface area contributed by atoms with Crippen LogP contribution in [-0.4, -0.2) is 61.0 Å². The molecule has 1 saturated heterocycles. The van der Waals surface area contributed by atoms with Crippen LogP contribution in [0.2, 0.25) is 0 Å². The minimum atomic E-state index is -4.39. The molecule has 2 aliphatic rings. The van der Waals surface area contributed by atoms with Gasteiger partial charge in [0.2, 0.25) is 0 Å². The highest BCUT2D eigenvalue weighted by molar-refractivity contribution is 7.53. The molecule has 2 fully saturated rings. The van der Waals surface area contributed by atoms with Gasteiger partial charge < -0.3 is 24.2 Å².